The third kappa shape index (κ3) is 4.23. The predicted molar refractivity (Wildman–Crippen MR) is 115 cm³/mol. The van der Waals surface area contributed by atoms with Crippen LogP contribution >= 0.6 is 0 Å². The van der Waals surface area contributed by atoms with Gasteiger partial charge in [0.25, 0.3) is 5.95 Å². The number of benzene rings is 1. The van der Waals surface area contributed by atoms with Crippen molar-refractivity contribution in [1.29, 1.82) is 0 Å². The second-order valence-electron chi connectivity index (χ2n) is 7.78. The zero-order valence-corrected chi connectivity index (χ0v) is 18.6. The number of carbonyl (C=O) groups excluding carboxylic acids is 1. The van der Waals surface area contributed by atoms with E-state index in [1.54, 1.807) is 4.68 Å². The van der Waals surface area contributed by atoms with Gasteiger partial charge >= 0.3 is 0 Å². The van der Waals surface area contributed by atoms with Gasteiger partial charge in [0, 0.05) is 35.7 Å². The molecular weight excluding hydrogens is 394 g/mol. The van der Waals surface area contributed by atoms with Gasteiger partial charge in [0.15, 0.2) is 11.5 Å². The largest absolute Gasteiger partial charge is 0.454 e. The Hall–Kier alpha value is -3.42. The summed E-state index contributed by atoms with van der Waals surface area (Å²) in [6, 6.07) is 7.71. The second-order valence-corrected chi connectivity index (χ2v) is 7.78. The standard InChI is InChI=1S/C23H27N5O3/c1-6-27(12-18-7-8-20-21(10-18)31-13-30-20)22(29)11-19-16(4)26-28(17(19)5)23-24-14(2)9-15(3)25-23/h7-10H,6,11-13H2,1-5H3. The Bertz CT molecular complexity index is 1120. The van der Waals surface area contributed by atoms with Crippen LogP contribution in [0.2, 0.25) is 0 Å². The molecule has 2 aromatic heterocycles. The zero-order chi connectivity index (χ0) is 22.1. The van der Waals surface area contributed by atoms with Gasteiger partial charge in [-0.1, -0.05) is 6.07 Å². The number of aromatic nitrogens is 4. The molecular formula is C23H27N5O3. The minimum atomic E-state index is 0.0484. The normalized spacial score (nSPS) is 12.3. The molecule has 1 aromatic carbocycles. The lowest BCUT2D eigenvalue weighted by atomic mass is 10.1. The Labute approximate surface area is 181 Å². The van der Waals surface area contributed by atoms with Crippen LogP contribution in [-0.4, -0.2) is 43.9 Å². The van der Waals surface area contributed by atoms with Crippen LogP contribution in [0, 0.1) is 27.7 Å². The van der Waals surface area contributed by atoms with E-state index in [-0.39, 0.29) is 19.1 Å². The van der Waals surface area contributed by atoms with Crippen molar-refractivity contribution in [3.8, 4) is 17.4 Å². The lowest BCUT2D eigenvalue weighted by Gasteiger charge is -2.21. The first-order valence-corrected chi connectivity index (χ1v) is 10.4. The molecule has 0 spiro atoms. The Kier molecular flexibility index (Phi) is 5.63. The van der Waals surface area contributed by atoms with Crippen molar-refractivity contribution < 1.29 is 14.3 Å². The van der Waals surface area contributed by atoms with E-state index in [0.717, 1.165) is 45.4 Å². The fourth-order valence-electron chi connectivity index (χ4n) is 3.83. The molecule has 8 heteroatoms. The smallest absolute Gasteiger partial charge is 0.251 e. The monoisotopic (exact) mass is 421 g/mol. The summed E-state index contributed by atoms with van der Waals surface area (Å²) >= 11 is 0. The zero-order valence-electron chi connectivity index (χ0n) is 18.6. The van der Waals surface area contributed by atoms with Crippen LogP contribution in [0.3, 0.4) is 0 Å². The molecule has 3 heterocycles. The highest BCUT2D eigenvalue weighted by atomic mass is 16.7. The van der Waals surface area contributed by atoms with Crippen LogP contribution in [0.15, 0.2) is 24.3 Å². The highest BCUT2D eigenvalue weighted by Crippen LogP contribution is 2.32. The average Bonchev–Trinajstić information content (AvgIpc) is 3.30. The van der Waals surface area contributed by atoms with Crippen LogP contribution in [0.5, 0.6) is 11.5 Å². The van der Waals surface area contributed by atoms with Gasteiger partial charge in [-0.3, -0.25) is 4.79 Å². The molecule has 0 N–H and O–H groups in total. The molecule has 0 atom stereocenters. The van der Waals surface area contributed by atoms with Crippen molar-refractivity contribution in [2.45, 2.75) is 47.6 Å². The van der Waals surface area contributed by atoms with Crippen molar-refractivity contribution in [2.75, 3.05) is 13.3 Å². The van der Waals surface area contributed by atoms with E-state index < -0.39 is 0 Å². The van der Waals surface area contributed by atoms with E-state index in [1.165, 1.54) is 0 Å². The van der Waals surface area contributed by atoms with Gasteiger partial charge in [-0.25, -0.2) is 14.6 Å². The van der Waals surface area contributed by atoms with Gasteiger partial charge < -0.3 is 14.4 Å². The molecule has 0 aliphatic carbocycles. The average molecular weight is 422 g/mol. The Morgan fingerprint density at radius 2 is 1.77 bits per heavy atom. The minimum Gasteiger partial charge on any atom is -0.454 e. The summed E-state index contributed by atoms with van der Waals surface area (Å²) in [6.45, 7) is 11.1. The molecule has 1 aliphatic heterocycles. The van der Waals surface area contributed by atoms with Crippen LogP contribution in [0.4, 0.5) is 0 Å². The summed E-state index contributed by atoms with van der Waals surface area (Å²) in [7, 11) is 0. The number of likely N-dealkylation sites (N-methyl/N-ethyl adjacent to an activating group) is 1. The van der Waals surface area contributed by atoms with Crippen molar-refractivity contribution in [1.82, 2.24) is 24.6 Å². The van der Waals surface area contributed by atoms with Crippen LogP contribution < -0.4 is 9.47 Å². The number of aryl methyl sites for hydroxylation is 3. The van der Waals surface area contributed by atoms with Crippen molar-refractivity contribution >= 4 is 5.91 Å². The van der Waals surface area contributed by atoms with Crippen LogP contribution in [0.1, 0.15) is 40.8 Å². The molecule has 0 bridgehead atoms. The molecule has 0 unspecified atom stereocenters. The van der Waals surface area contributed by atoms with E-state index in [0.29, 0.717) is 19.0 Å². The third-order valence-electron chi connectivity index (χ3n) is 5.47. The highest BCUT2D eigenvalue weighted by Gasteiger charge is 2.21. The molecule has 1 aliphatic rings. The van der Waals surface area contributed by atoms with Gasteiger partial charge in [-0.15, -0.1) is 0 Å². The van der Waals surface area contributed by atoms with E-state index in [9.17, 15) is 4.79 Å². The summed E-state index contributed by atoms with van der Waals surface area (Å²) in [5, 5.41) is 4.61. The maximum absolute atomic E-state index is 13.1. The van der Waals surface area contributed by atoms with Crippen LogP contribution in [0.25, 0.3) is 5.95 Å². The number of nitrogens with zero attached hydrogens (tertiary/aromatic N) is 5. The van der Waals surface area contributed by atoms with Gasteiger partial charge in [-0.05, 0) is 58.4 Å². The number of rotatable bonds is 6. The first-order chi connectivity index (χ1) is 14.9. The molecule has 0 saturated carbocycles. The first kappa shape index (κ1) is 20.8. The summed E-state index contributed by atoms with van der Waals surface area (Å²) < 4.78 is 12.6. The molecule has 0 radical (unpaired) electrons. The van der Waals surface area contributed by atoms with E-state index in [4.69, 9.17) is 9.47 Å². The van der Waals surface area contributed by atoms with Gasteiger partial charge in [-0.2, -0.15) is 5.10 Å². The Morgan fingerprint density at radius 3 is 2.48 bits per heavy atom. The SMILES string of the molecule is CCN(Cc1ccc2c(c1)OCO2)C(=O)Cc1c(C)nn(-c2nc(C)cc(C)n2)c1C. The van der Waals surface area contributed by atoms with Gasteiger partial charge in [0.1, 0.15) is 0 Å². The third-order valence-corrected chi connectivity index (χ3v) is 5.47. The molecule has 8 nitrogen and oxygen atoms in total. The van der Waals surface area contributed by atoms with Gasteiger partial charge in [0.05, 0.1) is 12.1 Å². The second kappa shape index (κ2) is 8.37. The molecule has 162 valence electrons. The van der Waals surface area contributed by atoms with Crippen molar-refractivity contribution in [3.63, 3.8) is 0 Å². The van der Waals surface area contributed by atoms with Gasteiger partial charge in [0.2, 0.25) is 12.7 Å². The molecule has 0 fully saturated rings. The summed E-state index contributed by atoms with van der Waals surface area (Å²) in [6.07, 6.45) is 0.279. The molecule has 3 aromatic rings. The predicted octanol–water partition coefficient (Wildman–Crippen LogP) is 3.22. The Morgan fingerprint density at radius 1 is 1.06 bits per heavy atom. The fourth-order valence-corrected chi connectivity index (χ4v) is 3.83. The lowest BCUT2D eigenvalue weighted by molar-refractivity contribution is -0.130. The number of ether oxygens (including phenoxy) is 2. The maximum Gasteiger partial charge on any atom is 0.251 e. The van der Waals surface area contributed by atoms with Crippen LogP contribution in [-0.2, 0) is 17.8 Å². The highest BCUT2D eigenvalue weighted by molar-refractivity contribution is 5.79. The number of fused-ring (bicyclic) bond motifs is 1. The fraction of sp³-hybridized carbons (Fsp3) is 0.391. The molecule has 1 amide bonds. The van der Waals surface area contributed by atoms with Crippen molar-refractivity contribution in [3.05, 3.63) is 58.2 Å². The molecule has 0 saturated heterocycles. The van der Waals surface area contributed by atoms with E-state index in [1.807, 2.05) is 63.8 Å². The minimum absolute atomic E-state index is 0.0484. The lowest BCUT2D eigenvalue weighted by Crippen LogP contribution is -2.31. The Balaban J connectivity index is 1.54. The number of hydrogen-bond acceptors (Lipinski definition) is 6. The van der Waals surface area contributed by atoms with E-state index in [2.05, 4.69) is 15.1 Å². The quantitative estimate of drug-likeness (QED) is 0.608. The first-order valence-electron chi connectivity index (χ1n) is 10.4. The maximum atomic E-state index is 13.1. The summed E-state index contributed by atoms with van der Waals surface area (Å²) in [4.78, 5) is 24.0. The topological polar surface area (TPSA) is 82.4 Å². The number of carbonyl (C=O) groups is 1. The number of hydrogen-bond donors (Lipinski definition) is 0. The summed E-state index contributed by atoms with van der Waals surface area (Å²) in [5.41, 5.74) is 5.38. The summed E-state index contributed by atoms with van der Waals surface area (Å²) in [5.74, 6) is 2.05. The molecule has 4 rings (SSSR count). The van der Waals surface area contributed by atoms with Crippen molar-refractivity contribution in [2.24, 2.45) is 0 Å². The number of amides is 1. The van der Waals surface area contributed by atoms with E-state index >= 15 is 0 Å². The molecule has 31 heavy (non-hydrogen) atoms.